The molecule has 2 fully saturated rings. The van der Waals surface area contributed by atoms with Gasteiger partial charge in [-0.15, -0.1) is 0 Å². The molecule has 2 aliphatic carbocycles. The van der Waals surface area contributed by atoms with Crippen LogP contribution in [-0.4, -0.2) is 22.2 Å². The smallest absolute Gasteiger partial charge is 0.341 e. The molecule has 1 N–H and O–H groups in total. The molecule has 3 rings (SSSR count). The molecule has 1 heterocycles. The Morgan fingerprint density at radius 1 is 1.48 bits per heavy atom. The van der Waals surface area contributed by atoms with Gasteiger partial charge in [-0.2, -0.15) is 0 Å². The van der Waals surface area contributed by atoms with Gasteiger partial charge in [0, 0.05) is 16.1 Å². The van der Waals surface area contributed by atoms with Crippen LogP contribution in [0.4, 0.5) is 0 Å². The molecule has 4 nitrogen and oxygen atoms in total. The molecule has 0 spiro atoms. The minimum Gasteiger partial charge on any atom is -0.477 e. The summed E-state index contributed by atoms with van der Waals surface area (Å²) in [5, 5.41) is 9.32. The van der Waals surface area contributed by atoms with Gasteiger partial charge in [-0.3, -0.25) is 0 Å². The zero-order chi connectivity index (χ0) is 15.4. The molecule has 0 aliphatic heterocycles. The minimum atomic E-state index is -1.01. The third-order valence-electron chi connectivity index (χ3n) is 6.02. The molecule has 1 aromatic rings. The lowest BCUT2D eigenvalue weighted by Crippen LogP contribution is -2.39. The normalized spacial score (nSPS) is 33.1. The summed E-state index contributed by atoms with van der Waals surface area (Å²) in [6.07, 6.45) is 4.98. The summed E-state index contributed by atoms with van der Waals surface area (Å²) in [5.41, 5.74) is 0.437. The van der Waals surface area contributed by atoms with Crippen molar-refractivity contribution in [1.82, 2.24) is 4.98 Å². The Bertz CT molecular complexity index is 601. The Morgan fingerprint density at radius 2 is 2.19 bits per heavy atom. The number of ether oxygens (including phenoxy) is 1. The van der Waals surface area contributed by atoms with Gasteiger partial charge >= 0.3 is 5.97 Å². The van der Waals surface area contributed by atoms with Crippen molar-refractivity contribution in [2.75, 3.05) is 0 Å². The summed E-state index contributed by atoms with van der Waals surface area (Å²) in [4.78, 5) is 15.5. The van der Waals surface area contributed by atoms with Crippen LogP contribution in [-0.2, 0) is 0 Å². The Labute approximate surface area is 133 Å². The van der Waals surface area contributed by atoms with E-state index in [1.807, 2.05) is 0 Å². The lowest BCUT2D eigenvalue weighted by atomic mass is 9.70. The van der Waals surface area contributed by atoms with Crippen LogP contribution in [0.5, 0.6) is 5.88 Å². The third-order valence-corrected chi connectivity index (χ3v) is 6.45. The van der Waals surface area contributed by atoms with E-state index < -0.39 is 5.97 Å². The number of aromatic nitrogens is 1. The fourth-order valence-electron chi connectivity index (χ4n) is 4.12. The van der Waals surface area contributed by atoms with E-state index in [9.17, 15) is 9.90 Å². The number of rotatable bonds is 3. The number of nitrogens with zero attached hydrogens (tertiary/aromatic N) is 1. The zero-order valence-electron chi connectivity index (χ0n) is 12.5. The lowest BCUT2D eigenvalue weighted by Gasteiger charge is -2.38. The average Bonchev–Trinajstić information content (AvgIpc) is 2.73. The fraction of sp³-hybridized carbons (Fsp3) is 0.625. The molecule has 2 saturated carbocycles. The van der Waals surface area contributed by atoms with Gasteiger partial charge in [0.05, 0.1) is 0 Å². The number of fused-ring (bicyclic) bond motifs is 2. The van der Waals surface area contributed by atoms with E-state index in [2.05, 4.69) is 41.7 Å². The van der Waals surface area contributed by atoms with Crippen molar-refractivity contribution in [3.05, 3.63) is 22.3 Å². The van der Waals surface area contributed by atoms with Gasteiger partial charge < -0.3 is 9.84 Å². The molecule has 2 aliphatic rings. The monoisotopic (exact) mass is 353 g/mol. The van der Waals surface area contributed by atoms with Crippen LogP contribution in [0.15, 0.2) is 16.7 Å². The second kappa shape index (κ2) is 4.70. The number of carbonyl (C=O) groups is 1. The first kappa shape index (κ1) is 14.8. The number of hydrogen-bond donors (Lipinski definition) is 1. The van der Waals surface area contributed by atoms with Crippen molar-refractivity contribution < 1.29 is 14.6 Å². The molecule has 0 amide bonds. The van der Waals surface area contributed by atoms with E-state index in [1.54, 1.807) is 12.3 Å². The molecule has 0 aromatic carbocycles. The fourth-order valence-corrected chi connectivity index (χ4v) is 4.45. The van der Waals surface area contributed by atoms with E-state index in [1.165, 1.54) is 6.42 Å². The Kier molecular flexibility index (Phi) is 3.32. The highest BCUT2D eigenvalue weighted by molar-refractivity contribution is 9.10. The van der Waals surface area contributed by atoms with E-state index in [0.29, 0.717) is 10.4 Å². The van der Waals surface area contributed by atoms with E-state index in [-0.39, 0.29) is 28.4 Å². The maximum Gasteiger partial charge on any atom is 0.341 e. The Morgan fingerprint density at radius 3 is 2.71 bits per heavy atom. The van der Waals surface area contributed by atoms with Gasteiger partial charge in [0.2, 0.25) is 5.88 Å². The van der Waals surface area contributed by atoms with Crippen molar-refractivity contribution in [1.29, 1.82) is 0 Å². The van der Waals surface area contributed by atoms with Crippen LogP contribution in [0.25, 0.3) is 0 Å². The van der Waals surface area contributed by atoms with Gasteiger partial charge in [0.1, 0.15) is 11.7 Å². The van der Waals surface area contributed by atoms with Crippen molar-refractivity contribution >= 4 is 21.9 Å². The predicted molar refractivity (Wildman–Crippen MR) is 82.5 cm³/mol. The summed E-state index contributed by atoms with van der Waals surface area (Å²) in [6.45, 7) is 6.88. The topological polar surface area (TPSA) is 59.4 Å². The van der Waals surface area contributed by atoms with Gasteiger partial charge in [-0.25, -0.2) is 9.78 Å². The molecule has 114 valence electrons. The third kappa shape index (κ3) is 2.08. The quantitative estimate of drug-likeness (QED) is 0.887. The SMILES string of the molecule is CC1(C)C2CCC1(C)C(Oc1ncc(Br)cc1C(=O)O)C2. The van der Waals surface area contributed by atoms with Crippen LogP contribution in [0.2, 0.25) is 0 Å². The first-order valence-corrected chi connectivity index (χ1v) is 8.10. The van der Waals surface area contributed by atoms with Crippen molar-refractivity contribution in [2.24, 2.45) is 16.7 Å². The average molecular weight is 354 g/mol. The van der Waals surface area contributed by atoms with Gasteiger partial charge in [-0.1, -0.05) is 20.8 Å². The first-order valence-electron chi connectivity index (χ1n) is 7.31. The standard InChI is InChI=1S/C16H20BrNO3/c1-15(2)9-4-5-16(15,3)12(6-9)21-13-11(14(19)20)7-10(17)8-18-13/h7-9,12H,4-6H2,1-3H3,(H,19,20). The second-order valence-electron chi connectivity index (χ2n) is 7.03. The van der Waals surface area contributed by atoms with E-state index in [0.717, 1.165) is 12.8 Å². The van der Waals surface area contributed by atoms with Crippen LogP contribution in [0, 0.1) is 16.7 Å². The zero-order valence-corrected chi connectivity index (χ0v) is 14.1. The second-order valence-corrected chi connectivity index (χ2v) is 7.94. The molecule has 0 radical (unpaired) electrons. The summed E-state index contributed by atoms with van der Waals surface area (Å²) in [6, 6.07) is 1.55. The number of halogens is 1. The van der Waals surface area contributed by atoms with Crippen LogP contribution in [0.1, 0.15) is 50.4 Å². The van der Waals surface area contributed by atoms with Crippen molar-refractivity contribution in [3.8, 4) is 5.88 Å². The Balaban J connectivity index is 1.91. The molecule has 3 unspecified atom stereocenters. The molecule has 21 heavy (non-hydrogen) atoms. The minimum absolute atomic E-state index is 0.0398. The highest BCUT2D eigenvalue weighted by Crippen LogP contribution is 2.66. The number of carboxylic acid groups (broad SMARTS) is 1. The molecular formula is C16H20BrNO3. The van der Waals surface area contributed by atoms with Crippen molar-refractivity contribution in [3.63, 3.8) is 0 Å². The number of carboxylic acids is 1. The number of pyridine rings is 1. The summed E-state index contributed by atoms with van der Waals surface area (Å²) >= 11 is 3.26. The van der Waals surface area contributed by atoms with Crippen LogP contribution < -0.4 is 4.74 Å². The molecule has 5 heteroatoms. The van der Waals surface area contributed by atoms with Gasteiger partial charge in [0.15, 0.2) is 0 Å². The van der Waals surface area contributed by atoms with Crippen molar-refractivity contribution in [2.45, 2.75) is 46.1 Å². The summed E-state index contributed by atoms with van der Waals surface area (Å²) in [5.74, 6) is -0.122. The molecule has 2 bridgehead atoms. The highest BCUT2D eigenvalue weighted by Gasteiger charge is 2.62. The van der Waals surface area contributed by atoms with Crippen LogP contribution in [0.3, 0.4) is 0 Å². The molecule has 0 saturated heterocycles. The van der Waals surface area contributed by atoms with Gasteiger partial charge in [0.25, 0.3) is 0 Å². The molecule has 1 aromatic heterocycles. The maximum absolute atomic E-state index is 11.4. The van der Waals surface area contributed by atoms with E-state index >= 15 is 0 Å². The number of aromatic carboxylic acids is 1. The maximum atomic E-state index is 11.4. The Hall–Kier alpha value is -1.10. The largest absolute Gasteiger partial charge is 0.477 e. The summed E-state index contributed by atoms with van der Waals surface area (Å²) in [7, 11) is 0. The lowest BCUT2D eigenvalue weighted by molar-refractivity contribution is 0.0259. The van der Waals surface area contributed by atoms with Gasteiger partial charge in [-0.05, 0) is 52.6 Å². The predicted octanol–water partition coefficient (Wildman–Crippen LogP) is 4.14. The molecule has 3 atom stereocenters. The molecular weight excluding hydrogens is 334 g/mol. The van der Waals surface area contributed by atoms with Crippen LogP contribution >= 0.6 is 15.9 Å². The summed E-state index contributed by atoms with van der Waals surface area (Å²) < 4.78 is 6.73. The number of hydrogen-bond acceptors (Lipinski definition) is 3. The van der Waals surface area contributed by atoms with E-state index in [4.69, 9.17) is 4.74 Å². The highest BCUT2D eigenvalue weighted by atomic mass is 79.9. The first-order chi connectivity index (χ1) is 9.75.